The molecule has 0 saturated carbocycles. The van der Waals surface area contributed by atoms with E-state index >= 15 is 0 Å². The highest BCUT2D eigenvalue weighted by Crippen LogP contribution is 2.34. The Bertz CT molecular complexity index is 1150. The van der Waals surface area contributed by atoms with Crippen LogP contribution in [-0.2, 0) is 20.5 Å². The Labute approximate surface area is 193 Å². The summed E-state index contributed by atoms with van der Waals surface area (Å²) in [6.07, 6.45) is -3.66. The Hall–Kier alpha value is -3.04. The molecule has 1 N–H and O–H groups in total. The maximum absolute atomic E-state index is 13.0. The van der Waals surface area contributed by atoms with Gasteiger partial charge >= 0.3 is 12.1 Å². The van der Waals surface area contributed by atoms with E-state index in [-0.39, 0.29) is 10.7 Å². The van der Waals surface area contributed by atoms with Gasteiger partial charge in [0.15, 0.2) is 4.67 Å². The van der Waals surface area contributed by atoms with Crippen LogP contribution in [0.2, 0.25) is 5.02 Å². The number of nitrogens with one attached hydrogen (secondary N) is 1. The van der Waals surface area contributed by atoms with Gasteiger partial charge < -0.3 is 14.5 Å². The normalized spacial score (nSPS) is 12.5. The van der Waals surface area contributed by atoms with Crippen molar-refractivity contribution in [1.29, 1.82) is 0 Å². The first kappa shape index (κ1) is 23.6. The van der Waals surface area contributed by atoms with Crippen molar-refractivity contribution in [2.24, 2.45) is 0 Å². The smallest absolute Gasteiger partial charge is 0.416 e. The summed E-state index contributed by atoms with van der Waals surface area (Å²) in [6.45, 7) is 0. The van der Waals surface area contributed by atoms with Crippen LogP contribution in [0.25, 0.3) is 6.08 Å². The van der Waals surface area contributed by atoms with Crippen molar-refractivity contribution in [3.63, 3.8) is 0 Å². The summed E-state index contributed by atoms with van der Waals surface area (Å²) < 4.78 is 50.0. The number of alkyl halides is 3. The third-order valence-electron chi connectivity index (χ3n) is 4.10. The number of anilines is 1. The minimum atomic E-state index is -4.62. The van der Waals surface area contributed by atoms with Gasteiger partial charge in [-0.3, -0.25) is 4.79 Å². The number of furan rings is 1. The van der Waals surface area contributed by atoms with Crippen molar-refractivity contribution in [2.45, 2.75) is 12.3 Å². The van der Waals surface area contributed by atoms with E-state index in [4.69, 9.17) is 20.8 Å². The number of carbonyl (C=O) groups is 2. The Morgan fingerprint density at radius 3 is 2.44 bits per heavy atom. The highest BCUT2D eigenvalue weighted by molar-refractivity contribution is 9.10. The molecule has 0 saturated heterocycles. The maximum Gasteiger partial charge on any atom is 0.416 e. The van der Waals surface area contributed by atoms with Gasteiger partial charge in [-0.2, -0.15) is 13.2 Å². The second-order valence-electron chi connectivity index (χ2n) is 6.38. The number of hydrogen-bond acceptors (Lipinski definition) is 4. The third-order valence-corrected chi connectivity index (χ3v) is 4.86. The number of amides is 1. The van der Waals surface area contributed by atoms with Crippen LogP contribution in [0.3, 0.4) is 0 Å². The van der Waals surface area contributed by atoms with E-state index in [9.17, 15) is 22.8 Å². The van der Waals surface area contributed by atoms with Crippen molar-refractivity contribution in [3.8, 4) is 0 Å². The molecule has 1 aromatic heterocycles. The lowest BCUT2D eigenvalue weighted by molar-refractivity contribution is -0.149. The fraction of sp³-hybridized carbons (Fsp3) is 0.0909. The fourth-order valence-electron chi connectivity index (χ4n) is 2.62. The molecule has 3 rings (SSSR count). The molecule has 0 spiro atoms. The summed E-state index contributed by atoms with van der Waals surface area (Å²) in [5.41, 5.74) is -0.937. The first-order valence-electron chi connectivity index (χ1n) is 9.00. The van der Waals surface area contributed by atoms with E-state index < -0.39 is 29.7 Å². The molecule has 32 heavy (non-hydrogen) atoms. The molecule has 1 heterocycles. The summed E-state index contributed by atoms with van der Waals surface area (Å²) in [4.78, 5) is 25.2. The summed E-state index contributed by atoms with van der Waals surface area (Å²) in [5.74, 6) is -1.37. The van der Waals surface area contributed by atoms with E-state index in [0.717, 1.165) is 18.2 Å². The zero-order valence-electron chi connectivity index (χ0n) is 16.0. The molecule has 1 unspecified atom stereocenters. The van der Waals surface area contributed by atoms with Gasteiger partial charge in [-0.25, -0.2) is 4.79 Å². The van der Waals surface area contributed by atoms with Crippen LogP contribution in [0.15, 0.2) is 75.8 Å². The molecule has 0 aliphatic carbocycles. The molecule has 0 aliphatic rings. The molecule has 3 aromatic rings. The SMILES string of the molecule is O=C(C=Cc1ccc(Br)o1)OC(C(=O)Nc1cc(C(F)(F)F)ccc1Cl)c1ccccc1. The standard InChI is InChI=1S/C22H14BrClF3NO4/c23-18-10-7-15(31-18)8-11-19(29)32-20(13-4-2-1-3-5-13)21(30)28-17-12-14(22(25,26)27)6-9-16(17)24/h1-12,20H,(H,28,30). The summed E-state index contributed by atoms with van der Waals surface area (Å²) >= 11 is 9.08. The lowest BCUT2D eigenvalue weighted by Crippen LogP contribution is -2.25. The van der Waals surface area contributed by atoms with E-state index in [1.165, 1.54) is 6.08 Å². The van der Waals surface area contributed by atoms with E-state index in [0.29, 0.717) is 22.1 Å². The molecule has 1 amide bonds. The average molecular weight is 529 g/mol. The Kier molecular flexibility index (Phi) is 7.42. The van der Waals surface area contributed by atoms with E-state index in [2.05, 4.69) is 21.2 Å². The molecule has 2 aromatic carbocycles. The molecule has 166 valence electrons. The summed E-state index contributed by atoms with van der Waals surface area (Å²) in [7, 11) is 0. The molecule has 0 aliphatic heterocycles. The molecular weight excluding hydrogens is 515 g/mol. The van der Waals surface area contributed by atoms with Crippen LogP contribution in [-0.4, -0.2) is 11.9 Å². The number of hydrogen-bond donors (Lipinski definition) is 1. The van der Waals surface area contributed by atoms with Crippen LogP contribution in [0.5, 0.6) is 0 Å². The van der Waals surface area contributed by atoms with Crippen molar-refractivity contribution < 1.29 is 31.9 Å². The predicted molar refractivity (Wildman–Crippen MR) is 116 cm³/mol. The van der Waals surface area contributed by atoms with Crippen molar-refractivity contribution in [1.82, 2.24) is 0 Å². The van der Waals surface area contributed by atoms with Gasteiger partial charge in [0.05, 0.1) is 16.3 Å². The number of benzene rings is 2. The zero-order valence-corrected chi connectivity index (χ0v) is 18.4. The maximum atomic E-state index is 13.0. The Morgan fingerprint density at radius 2 is 1.81 bits per heavy atom. The van der Waals surface area contributed by atoms with Crippen LogP contribution in [0.4, 0.5) is 18.9 Å². The monoisotopic (exact) mass is 527 g/mol. The van der Waals surface area contributed by atoms with Crippen LogP contribution < -0.4 is 5.32 Å². The van der Waals surface area contributed by atoms with Gasteiger partial charge in [0.25, 0.3) is 5.91 Å². The molecule has 5 nitrogen and oxygen atoms in total. The predicted octanol–water partition coefficient (Wildman–Crippen LogP) is 6.65. The lowest BCUT2D eigenvalue weighted by Gasteiger charge is -2.18. The first-order chi connectivity index (χ1) is 15.1. The van der Waals surface area contributed by atoms with Gasteiger partial charge in [0, 0.05) is 11.6 Å². The number of carbonyl (C=O) groups excluding carboxylic acids is 2. The molecule has 0 radical (unpaired) electrons. The van der Waals surface area contributed by atoms with Crippen molar-refractivity contribution in [2.75, 3.05) is 5.32 Å². The minimum absolute atomic E-state index is 0.104. The molecule has 0 fully saturated rings. The highest BCUT2D eigenvalue weighted by atomic mass is 79.9. The van der Waals surface area contributed by atoms with Crippen LogP contribution in [0, 0.1) is 0 Å². The van der Waals surface area contributed by atoms with E-state index in [1.54, 1.807) is 42.5 Å². The highest BCUT2D eigenvalue weighted by Gasteiger charge is 2.32. The second-order valence-corrected chi connectivity index (χ2v) is 7.57. The Morgan fingerprint density at radius 1 is 1.09 bits per heavy atom. The summed E-state index contributed by atoms with van der Waals surface area (Å²) in [6, 6.07) is 13.8. The molecule has 1 atom stereocenters. The number of rotatable bonds is 6. The fourth-order valence-corrected chi connectivity index (χ4v) is 3.10. The number of ether oxygens (including phenoxy) is 1. The minimum Gasteiger partial charge on any atom is -0.450 e. The van der Waals surface area contributed by atoms with Gasteiger partial charge in [0.1, 0.15) is 5.76 Å². The quantitative estimate of drug-likeness (QED) is 0.287. The van der Waals surface area contributed by atoms with Gasteiger partial charge in [0.2, 0.25) is 6.10 Å². The van der Waals surface area contributed by atoms with Crippen LogP contribution in [0.1, 0.15) is 23.0 Å². The van der Waals surface area contributed by atoms with Crippen LogP contribution >= 0.6 is 27.5 Å². The summed E-state index contributed by atoms with van der Waals surface area (Å²) in [5, 5.41) is 2.20. The van der Waals surface area contributed by atoms with Gasteiger partial charge in [-0.15, -0.1) is 0 Å². The van der Waals surface area contributed by atoms with E-state index in [1.807, 2.05) is 0 Å². The molecule has 0 bridgehead atoms. The average Bonchev–Trinajstić information content (AvgIpc) is 3.17. The van der Waals surface area contributed by atoms with Crippen molar-refractivity contribution >= 4 is 51.2 Å². The lowest BCUT2D eigenvalue weighted by atomic mass is 10.1. The third kappa shape index (κ3) is 6.24. The number of esters is 1. The first-order valence-corrected chi connectivity index (χ1v) is 10.2. The van der Waals surface area contributed by atoms with Crippen molar-refractivity contribution in [3.05, 3.63) is 93.3 Å². The number of halogens is 5. The van der Waals surface area contributed by atoms with Gasteiger partial charge in [-0.1, -0.05) is 41.9 Å². The second kappa shape index (κ2) is 10.1. The molecular formula is C22H14BrClF3NO4. The molecule has 10 heteroatoms. The largest absolute Gasteiger partial charge is 0.450 e. The Balaban J connectivity index is 1.82. The van der Waals surface area contributed by atoms with Gasteiger partial charge in [-0.05, 0) is 52.3 Å². The topological polar surface area (TPSA) is 68.5 Å². The zero-order chi connectivity index (χ0) is 23.3.